The molecule has 0 amide bonds. The molecule has 2 atom stereocenters. The van der Waals surface area contributed by atoms with E-state index in [1.54, 1.807) is 5.56 Å². The first-order valence-electron chi connectivity index (χ1n) is 6.17. The van der Waals surface area contributed by atoms with E-state index in [0.29, 0.717) is 6.04 Å². The van der Waals surface area contributed by atoms with Gasteiger partial charge >= 0.3 is 0 Å². The lowest BCUT2D eigenvalue weighted by atomic mass is 9.98. The molecule has 1 aromatic rings. The van der Waals surface area contributed by atoms with Crippen molar-refractivity contribution in [1.82, 2.24) is 5.32 Å². The van der Waals surface area contributed by atoms with E-state index in [4.69, 9.17) is 0 Å². The molecule has 1 aliphatic rings. The Morgan fingerprint density at radius 2 is 2.19 bits per heavy atom. The SMILES string of the molecule is CCNC1c2ccccc2CC1CCSC. The van der Waals surface area contributed by atoms with Crippen LogP contribution in [0.2, 0.25) is 0 Å². The minimum atomic E-state index is 0.591. The molecule has 0 saturated heterocycles. The highest BCUT2D eigenvalue weighted by atomic mass is 32.2. The summed E-state index contributed by atoms with van der Waals surface area (Å²) < 4.78 is 0. The van der Waals surface area contributed by atoms with Crippen molar-refractivity contribution < 1.29 is 0 Å². The highest BCUT2D eigenvalue weighted by molar-refractivity contribution is 7.98. The van der Waals surface area contributed by atoms with Crippen molar-refractivity contribution in [3.63, 3.8) is 0 Å². The summed E-state index contributed by atoms with van der Waals surface area (Å²) in [5, 5.41) is 3.65. The van der Waals surface area contributed by atoms with Gasteiger partial charge in [0.15, 0.2) is 0 Å². The molecule has 0 heterocycles. The van der Waals surface area contributed by atoms with Crippen LogP contribution in [-0.2, 0) is 6.42 Å². The van der Waals surface area contributed by atoms with Crippen LogP contribution < -0.4 is 5.32 Å². The maximum absolute atomic E-state index is 3.65. The lowest BCUT2D eigenvalue weighted by Gasteiger charge is -2.21. The third-order valence-electron chi connectivity index (χ3n) is 3.46. The largest absolute Gasteiger partial charge is 0.310 e. The first-order chi connectivity index (χ1) is 7.86. The number of rotatable bonds is 5. The van der Waals surface area contributed by atoms with Crippen LogP contribution in [0.15, 0.2) is 24.3 Å². The Morgan fingerprint density at radius 1 is 1.38 bits per heavy atom. The number of benzene rings is 1. The van der Waals surface area contributed by atoms with Gasteiger partial charge in [0.25, 0.3) is 0 Å². The quantitative estimate of drug-likeness (QED) is 0.840. The second-order valence-electron chi connectivity index (χ2n) is 4.48. The molecule has 16 heavy (non-hydrogen) atoms. The van der Waals surface area contributed by atoms with Crippen LogP contribution in [0.1, 0.15) is 30.5 Å². The van der Waals surface area contributed by atoms with Crippen LogP contribution in [-0.4, -0.2) is 18.6 Å². The van der Waals surface area contributed by atoms with Crippen molar-refractivity contribution in [1.29, 1.82) is 0 Å². The monoisotopic (exact) mass is 235 g/mol. The molecule has 0 aliphatic heterocycles. The fourth-order valence-electron chi connectivity index (χ4n) is 2.71. The molecule has 0 fully saturated rings. The minimum Gasteiger partial charge on any atom is -0.310 e. The van der Waals surface area contributed by atoms with E-state index in [9.17, 15) is 0 Å². The van der Waals surface area contributed by atoms with Gasteiger partial charge in [-0.15, -0.1) is 0 Å². The second kappa shape index (κ2) is 5.74. The van der Waals surface area contributed by atoms with Gasteiger partial charge < -0.3 is 5.32 Å². The molecule has 2 unspecified atom stereocenters. The second-order valence-corrected chi connectivity index (χ2v) is 5.47. The zero-order chi connectivity index (χ0) is 11.4. The fourth-order valence-corrected chi connectivity index (χ4v) is 3.25. The van der Waals surface area contributed by atoms with Crippen molar-refractivity contribution in [3.8, 4) is 0 Å². The molecule has 1 nitrogen and oxygen atoms in total. The zero-order valence-corrected chi connectivity index (χ0v) is 11.0. The van der Waals surface area contributed by atoms with Gasteiger partial charge in [0.1, 0.15) is 0 Å². The standard InChI is InChI=1S/C14H21NS/c1-3-15-14-12(8-9-16-2)10-11-6-4-5-7-13(11)14/h4-7,12,14-15H,3,8-10H2,1-2H3. The Labute approximate surface area is 103 Å². The highest BCUT2D eigenvalue weighted by Crippen LogP contribution is 2.38. The Morgan fingerprint density at radius 3 is 2.94 bits per heavy atom. The molecule has 1 aliphatic carbocycles. The third kappa shape index (κ3) is 2.44. The van der Waals surface area contributed by atoms with Crippen molar-refractivity contribution in [3.05, 3.63) is 35.4 Å². The molecular formula is C14H21NS. The topological polar surface area (TPSA) is 12.0 Å². The Balaban J connectivity index is 2.13. The van der Waals surface area contributed by atoms with Gasteiger partial charge in [-0.2, -0.15) is 11.8 Å². The van der Waals surface area contributed by atoms with E-state index in [2.05, 4.69) is 42.8 Å². The fraction of sp³-hybridized carbons (Fsp3) is 0.571. The predicted octanol–water partition coefficient (Wildman–Crippen LogP) is 3.26. The maximum Gasteiger partial charge on any atom is 0.0354 e. The molecule has 0 aromatic heterocycles. The summed E-state index contributed by atoms with van der Waals surface area (Å²) in [5.41, 5.74) is 3.09. The van der Waals surface area contributed by atoms with E-state index in [1.807, 2.05) is 11.8 Å². The lowest BCUT2D eigenvalue weighted by molar-refractivity contribution is 0.388. The number of thioether (sulfide) groups is 1. The molecular weight excluding hydrogens is 214 g/mol. The summed E-state index contributed by atoms with van der Waals surface area (Å²) in [4.78, 5) is 0. The summed E-state index contributed by atoms with van der Waals surface area (Å²) in [6, 6.07) is 9.51. The minimum absolute atomic E-state index is 0.591. The van der Waals surface area contributed by atoms with E-state index in [-0.39, 0.29) is 0 Å². The van der Waals surface area contributed by atoms with E-state index in [0.717, 1.165) is 12.5 Å². The van der Waals surface area contributed by atoms with Crippen molar-refractivity contribution in [2.75, 3.05) is 18.6 Å². The van der Waals surface area contributed by atoms with Crippen LogP contribution >= 0.6 is 11.8 Å². The van der Waals surface area contributed by atoms with Crippen molar-refractivity contribution in [2.45, 2.75) is 25.8 Å². The van der Waals surface area contributed by atoms with Crippen LogP contribution in [0.5, 0.6) is 0 Å². The summed E-state index contributed by atoms with van der Waals surface area (Å²) in [5.74, 6) is 2.07. The van der Waals surface area contributed by atoms with Gasteiger partial charge in [0, 0.05) is 6.04 Å². The summed E-state index contributed by atoms with van der Waals surface area (Å²) in [7, 11) is 0. The molecule has 0 saturated carbocycles. The number of fused-ring (bicyclic) bond motifs is 1. The number of hydrogen-bond donors (Lipinski definition) is 1. The summed E-state index contributed by atoms with van der Waals surface area (Å²) in [6.45, 7) is 3.27. The average Bonchev–Trinajstić information content (AvgIpc) is 2.66. The van der Waals surface area contributed by atoms with E-state index >= 15 is 0 Å². The Kier molecular flexibility index (Phi) is 4.30. The van der Waals surface area contributed by atoms with Gasteiger partial charge in [-0.25, -0.2) is 0 Å². The van der Waals surface area contributed by atoms with Crippen LogP contribution in [0, 0.1) is 5.92 Å². The maximum atomic E-state index is 3.65. The number of hydrogen-bond acceptors (Lipinski definition) is 2. The molecule has 0 radical (unpaired) electrons. The molecule has 0 bridgehead atoms. The number of nitrogens with one attached hydrogen (secondary N) is 1. The van der Waals surface area contributed by atoms with Gasteiger partial charge in [-0.1, -0.05) is 31.2 Å². The summed E-state index contributed by atoms with van der Waals surface area (Å²) in [6.07, 6.45) is 4.78. The molecule has 1 N–H and O–H groups in total. The molecule has 1 aromatic carbocycles. The first-order valence-corrected chi connectivity index (χ1v) is 7.56. The first kappa shape index (κ1) is 12.0. The molecule has 88 valence electrons. The van der Waals surface area contributed by atoms with Crippen molar-refractivity contribution in [2.24, 2.45) is 5.92 Å². The molecule has 2 rings (SSSR count). The van der Waals surface area contributed by atoms with E-state index < -0.39 is 0 Å². The van der Waals surface area contributed by atoms with Crippen LogP contribution in [0.3, 0.4) is 0 Å². The molecule has 0 spiro atoms. The van der Waals surface area contributed by atoms with Gasteiger partial charge in [-0.05, 0) is 48.4 Å². The highest BCUT2D eigenvalue weighted by Gasteiger charge is 2.30. The van der Waals surface area contributed by atoms with Crippen LogP contribution in [0.4, 0.5) is 0 Å². The Bertz CT molecular complexity index is 337. The van der Waals surface area contributed by atoms with Crippen molar-refractivity contribution >= 4 is 11.8 Å². The van der Waals surface area contributed by atoms with Gasteiger partial charge in [-0.3, -0.25) is 0 Å². The molecule has 2 heteroatoms. The zero-order valence-electron chi connectivity index (χ0n) is 10.2. The normalized spacial score (nSPS) is 23.4. The summed E-state index contributed by atoms with van der Waals surface area (Å²) >= 11 is 1.96. The smallest absolute Gasteiger partial charge is 0.0354 e. The van der Waals surface area contributed by atoms with Gasteiger partial charge in [0.2, 0.25) is 0 Å². The average molecular weight is 235 g/mol. The van der Waals surface area contributed by atoms with Gasteiger partial charge in [0.05, 0.1) is 0 Å². The van der Waals surface area contributed by atoms with Crippen LogP contribution in [0.25, 0.3) is 0 Å². The predicted molar refractivity (Wildman–Crippen MR) is 73.1 cm³/mol. The van der Waals surface area contributed by atoms with E-state index in [1.165, 1.54) is 24.2 Å². The Hall–Kier alpha value is -0.470. The lowest BCUT2D eigenvalue weighted by Crippen LogP contribution is -2.25. The third-order valence-corrected chi connectivity index (χ3v) is 4.10.